The van der Waals surface area contributed by atoms with Gasteiger partial charge in [-0.05, 0) is 45.6 Å². The zero-order chi connectivity index (χ0) is 24.6. The second kappa shape index (κ2) is 9.49. The molecule has 2 atom stereocenters. The molecule has 2 nitrogen and oxygen atoms in total. The molecule has 0 fully saturated rings. The van der Waals surface area contributed by atoms with Crippen LogP contribution < -0.4 is 0 Å². The highest BCUT2D eigenvalue weighted by molar-refractivity contribution is 5.53. The minimum absolute atomic E-state index is 0.0345. The molecule has 2 aromatic rings. The van der Waals surface area contributed by atoms with Crippen LogP contribution in [0.15, 0.2) is 36.4 Å². The van der Waals surface area contributed by atoms with Crippen LogP contribution in [0.5, 0.6) is 11.5 Å². The zero-order valence-electron chi connectivity index (χ0n) is 22.2. The normalized spacial score (nSPS) is 15.8. The number of benzene rings is 2. The Kier molecular flexibility index (Phi) is 7.80. The van der Waals surface area contributed by atoms with Crippen molar-refractivity contribution in [2.45, 2.75) is 93.9 Å². The van der Waals surface area contributed by atoms with Gasteiger partial charge in [0.05, 0.1) is 0 Å². The van der Waals surface area contributed by atoms with Gasteiger partial charge in [0.1, 0.15) is 11.5 Å². The van der Waals surface area contributed by atoms with Crippen molar-refractivity contribution in [3.63, 3.8) is 0 Å². The minimum Gasteiger partial charge on any atom is -0.507 e. The largest absolute Gasteiger partial charge is 0.507 e. The lowest BCUT2D eigenvalue weighted by molar-refractivity contribution is 0.251. The van der Waals surface area contributed by atoms with Gasteiger partial charge < -0.3 is 10.2 Å². The summed E-state index contributed by atoms with van der Waals surface area (Å²) >= 11 is 0. The van der Waals surface area contributed by atoms with Crippen molar-refractivity contribution in [2.24, 2.45) is 22.7 Å². The van der Waals surface area contributed by atoms with E-state index in [1.165, 1.54) is 0 Å². The average Bonchev–Trinajstić information content (AvgIpc) is 2.61. The number of aromatic hydroxyl groups is 2. The number of phenolic OH excluding ortho intramolecular Hbond substituents is 2. The van der Waals surface area contributed by atoms with Crippen molar-refractivity contribution in [1.82, 2.24) is 0 Å². The van der Waals surface area contributed by atoms with E-state index in [1.807, 2.05) is 12.1 Å². The van der Waals surface area contributed by atoms with Crippen LogP contribution >= 0.6 is 0 Å². The van der Waals surface area contributed by atoms with Gasteiger partial charge in [0, 0.05) is 17.0 Å². The SMILES string of the molecule is CC(c1cccc(C(C(C)C)C(C)(C)C)c1O)c1cccc(C(C(C)C)C(C)(C)C)c1O. The van der Waals surface area contributed by atoms with Gasteiger partial charge in [-0.15, -0.1) is 0 Å². The predicted molar refractivity (Wildman–Crippen MR) is 138 cm³/mol. The van der Waals surface area contributed by atoms with E-state index < -0.39 is 0 Å². The van der Waals surface area contributed by atoms with Crippen molar-refractivity contribution in [1.29, 1.82) is 0 Å². The summed E-state index contributed by atoms with van der Waals surface area (Å²) in [6.07, 6.45) is 0. The highest BCUT2D eigenvalue weighted by Crippen LogP contribution is 2.49. The smallest absolute Gasteiger partial charge is 0.122 e. The molecule has 0 amide bonds. The molecule has 0 bridgehead atoms. The van der Waals surface area contributed by atoms with E-state index in [2.05, 4.69) is 100 Å². The number of rotatable bonds is 6. The molecule has 2 N–H and O–H groups in total. The Hall–Kier alpha value is -1.96. The van der Waals surface area contributed by atoms with E-state index in [0.29, 0.717) is 23.3 Å². The summed E-state index contributed by atoms with van der Waals surface area (Å²) in [7, 11) is 0. The fraction of sp³-hybridized carbons (Fsp3) is 0.600. The molecule has 0 heterocycles. The first-order valence-corrected chi connectivity index (χ1v) is 12.2. The molecule has 2 rings (SSSR count). The maximum atomic E-state index is 11.4. The first-order valence-electron chi connectivity index (χ1n) is 12.2. The minimum atomic E-state index is -0.115. The molecule has 2 heteroatoms. The van der Waals surface area contributed by atoms with Crippen molar-refractivity contribution in [3.8, 4) is 11.5 Å². The molecule has 0 aliphatic carbocycles. The van der Waals surface area contributed by atoms with E-state index in [1.54, 1.807) is 0 Å². The molecule has 0 radical (unpaired) electrons. The lowest BCUT2D eigenvalue weighted by Crippen LogP contribution is -2.24. The quantitative estimate of drug-likeness (QED) is 0.473. The van der Waals surface area contributed by atoms with E-state index in [4.69, 9.17) is 0 Å². The van der Waals surface area contributed by atoms with Gasteiger partial charge in [0.25, 0.3) is 0 Å². The molecule has 2 aromatic carbocycles. The van der Waals surface area contributed by atoms with E-state index in [0.717, 1.165) is 22.3 Å². The maximum absolute atomic E-state index is 11.4. The zero-order valence-corrected chi connectivity index (χ0v) is 22.2. The van der Waals surface area contributed by atoms with Crippen molar-refractivity contribution >= 4 is 0 Å². The Morgan fingerprint density at radius 3 is 1.06 bits per heavy atom. The first kappa shape index (κ1) is 26.3. The third kappa shape index (κ3) is 5.33. The Balaban J connectivity index is 2.62. The van der Waals surface area contributed by atoms with Gasteiger partial charge >= 0.3 is 0 Å². The molecular formula is C30H46O2. The van der Waals surface area contributed by atoms with E-state index in [9.17, 15) is 10.2 Å². The molecule has 178 valence electrons. The van der Waals surface area contributed by atoms with Gasteiger partial charge in [-0.2, -0.15) is 0 Å². The lowest BCUT2D eigenvalue weighted by atomic mass is 9.69. The predicted octanol–water partition coefficient (Wildman–Crippen LogP) is 8.82. The molecule has 0 aliphatic rings. The molecule has 0 aliphatic heterocycles. The summed E-state index contributed by atoms with van der Waals surface area (Å²) in [6, 6.07) is 12.2. The van der Waals surface area contributed by atoms with E-state index >= 15 is 0 Å². The molecule has 0 aromatic heterocycles. The molecule has 0 saturated heterocycles. The van der Waals surface area contributed by atoms with Crippen LogP contribution in [0.2, 0.25) is 0 Å². The number of hydrogen-bond donors (Lipinski definition) is 2. The molecule has 2 unspecified atom stereocenters. The summed E-state index contributed by atoms with van der Waals surface area (Å²) < 4.78 is 0. The third-order valence-corrected chi connectivity index (χ3v) is 7.00. The Morgan fingerprint density at radius 1 is 0.531 bits per heavy atom. The summed E-state index contributed by atoms with van der Waals surface area (Å²) in [5.74, 6) is 1.91. The highest BCUT2D eigenvalue weighted by atomic mass is 16.3. The van der Waals surface area contributed by atoms with Gasteiger partial charge in [0.15, 0.2) is 0 Å². The second-order valence-corrected chi connectivity index (χ2v) is 12.5. The van der Waals surface area contributed by atoms with Crippen LogP contribution in [0.4, 0.5) is 0 Å². The molecule has 0 spiro atoms. The second-order valence-electron chi connectivity index (χ2n) is 12.5. The third-order valence-electron chi connectivity index (χ3n) is 7.00. The summed E-state index contributed by atoms with van der Waals surface area (Å²) in [5.41, 5.74) is 3.83. The monoisotopic (exact) mass is 438 g/mol. The summed E-state index contributed by atoms with van der Waals surface area (Å²) in [5, 5.41) is 22.8. The van der Waals surface area contributed by atoms with Crippen LogP contribution in [0.1, 0.15) is 116 Å². The van der Waals surface area contributed by atoms with Gasteiger partial charge in [-0.3, -0.25) is 0 Å². The van der Waals surface area contributed by atoms with Crippen LogP contribution in [0, 0.1) is 22.7 Å². The summed E-state index contributed by atoms with van der Waals surface area (Å²) in [6.45, 7) is 24.4. The lowest BCUT2D eigenvalue weighted by Gasteiger charge is -2.36. The molecule has 0 saturated carbocycles. The van der Waals surface area contributed by atoms with Gasteiger partial charge in [0.2, 0.25) is 0 Å². The first-order chi connectivity index (χ1) is 14.6. The fourth-order valence-electron chi connectivity index (χ4n) is 6.18. The highest BCUT2D eigenvalue weighted by Gasteiger charge is 2.34. The van der Waals surface area contributed by atoms with Crippen LogP contribution in [-0.4, -0.2) is 10.2 Å². The fourth-order valence-corrected chi connectivity index (χ4v) is 6.18. The van der Waals surface area contributed by atoms with E-state index in [-0.39, 0.29) is 28.6 Å². The molecular weight excluding hydrogens is 392 g/mol. The topological polar surface area (TPSA) is 40.5 Å². The van der Waals surface area contributed by atoms with Crippen molar-refractivity contribution in [2.75, 3.05) is 0 Å². The van der Waals surface area contributed by atoms with Crippen molar-refractivity contribution in [3.05, 3.63) is 58.7 Å². The van der Waals surface area contributed by atoms with Gasteiger partial charge in [-0.1, -0.05) is 113 Å². The van der Waals surface area contributed by atoms with Crippen LogP contribution in [-0.2, 0) is 0 Å². The van der Waals surface area contributed by atoms with Gasteiger partial charge in [-0.25, -0.2) is 0 Å². The standard InChI is InChI=1S/C30H46O2/c1-18(2)25(29(6,7)8)23-16-12-14-21(27(23)31)20(5)22-15-13-17-24(28(22)32)26(19(3)4)30(9,10)11/h12-20,25-26,31-32H,1-11H3. The average molecular weight is 439 g/mol. The Morgan fingerprint density at radius 2 is 0.812 bits per heavy atom. The maximum Gasteiger partial charge on any atom is 0.122 e. The Bertz CT molecular complexity index is 834. The van der Waals surface area contributed by atoms with Crippen LogP contribution in [0.25, 0.3) is 0 Å². The number of hydrogen-bond acceptors (Lipinski definition) is 2. The number of para-hydroxylation sites is 2. The summed E-state index contributed by atoms with van der Waals surface area (Å²) in [4.78, 5) is 0. The van der Waals surface area contributed by atoms with Crippen LogP contribution in [0.3, 0.4) is 0 Å². The van der Waals surface area contributed by atoms with Crippen molar-refractivity contribution < 1.29 is 10.2 Å². The molecule has 32 heavy (non-hydrogen) atoms. The Labute approximate surface area is 197 Å². The number of phenols is 2.